The number of aryl methyl sites for hydroxylation is 2. The van der Waals surface area contributed by atoms with Crippen molar-refractivity contribution in [2.24, 2.45) is 7.05 Å². The molecule has 0 aliphatic carbocycles. The van der Waals surface area contributed by atoms with Crippen molar-refractivity contribution in [2.45, 2.75) is 13.0 Å². The van der Waals surface area contributed by atoms with Gasteiger partial charge in [0.05, 0.1) is 17.2 Å². The number of carbonyl (C=O) groups excluding carboxylic acids is 1. The molecule has 0 saturated heterocycles. The molecule has 0 aliphatic heterocycles. The van der Waals surface area contributed by atoms with Gasteiger partial charge in [-0.15, -0.1) is 0 Å². The van der Waals surface area contributed by atoms with E-state index in [-0.39, 0.29) is 17.7 Å². The maximum Gasteiger partial charge on any atom is 0.419 e. The molecule has 1 amide bonds. The second-order valence-electron chi connectivity index (χ2n) is 5.72. The molecule has 1 unspecified atom stereocenters. The van der Waals surface area contributed by atoms with E-state index >= 15 is 0 Å². The Balaban J connectivity index is 1.78. The van der Waals surface area contributed by atoms with Crippen LogP contribution in [0.5, 0.6) is 0 Å². The Bertz CT molecular complexity index is 955. The lowest BCUT2D eigenvalue weighted by molar-refractivity contribution is 0.0917. The Kier molecular flexibility index (Phi) is 4.22. The van der Waals surface area contributed by atoms with Crippen molar-refractivity contribution in [3.8, 4) is 0 Å². The second-order valence-corrected chi connectivity index (χ2v) is 5.72. The SMILES string of the molecule is Cc1cccc(C(O)CNC(=O)c2cccc3c2oc(=O)n3C)c1. The van der Waals surface area contributed by atoms with Crippen LogP contribution in [-0.4, -0.2) is 22.1 Å². The van der Waals surface area contributed by atoms with Gasteiger partial charge in [-0.2, -0.15) is 0 Å². The lowest BCUT2D eigenvalue weighted by Gasteiger charge is -2.13. The van der Waals surface area contributed by atoms with E-state index in [4.69, 9.17) is 4.42 Å². The third kappa shape index (κ3) is 2.96. The predicted molar refractivity (Wildman–Crippen MR) is 89.9 cm³/mol. The van der Waals surface area contributed by atoms with Crippen LogP contribution >= 0.6 is 0 Å². The number of benzene rings is 2. The third-order valence-corrected chi connectivity index (χ3v) is 3.95. The molecule has 124 valence electrons. The summed E-state index contributed by atoms with van der Waals surface area (Å²) in [7, 11) is 1.58. The van der Waals surface area contributed by atoms with E-state index in [9.17, 15) is 14.7 Å². The number of rotatable bonds is 4. The van der Waals surface area contributed by atoms with Crippen LogP contribution in [0.4, 0.5) is 0 Å². The van der Waals surface area contributed by atoms with Gasteiger partial charge in [-0.3, -0.25) is 9.36 Å². The van der Waals surface area contributed by atoms with Crippen molar-refractivity contribution in [1.29, 1.82) is 0 Å². The number of hydrogen-bond acceptors (Lipinski definition) is 4. The first-order valence-corrected chi connectivity index (χ1v) is 7.58. The van der Waals surface area contributed by atoms with Crippen LogP contribution in [-0.2, 0) is 7.05 Å². The van der Waals surface area contributed by atoms with E-state index in [1.54, 1.807) is 31.3 Å². The molecule has 2 N–H and O–H groups in total. The minimum Gasteiger partial charge on any atom is -0.407 e. The first kappa shape index (κ1) is 16.0. The summed E-state index contributed by atoms with van der Waals surface area (Å²) in [5.74, 6) is -0.924. The first-order chi connectivity index (χ1) is 11.5. The molecule has 3 aromatic rings. The van der Waals surface area contributed by atoms with Crippen molar-refractivity contribution < 1.29 is 14.3 Å². The van der Waals surface area contributed by atoms with Crippen LogP contribution in [0.1, 0.15) is 27.6 Å². The van der Waals surface area contributed by atoms with Crippen molar-refractivity contribution in [3.63, 3.8) is 0 Å². The number of aromatic nitrogens is 1. The van der Waals surface area contributed by atoms with Gasteiger partial charge in [-0.1, -0.05) is 35.9 Å². The minimum absolute atomic E-state index is 0.0652. The molecule has 1 heterocycles. The van der Waals surface area contributed by atoms with Crippen molar-refractivity contribution >= 4 is 17.0 Å². The second kappa shape index (κ2) is 6.33. The number of aliphatic hydroxyl groups excluding tert-OH is 1. The zero-order valence-electron chi connectivity index (χ0n) is 13.4. The molecule has 1 aromatic heterocycles. The molecule has 0 fully saturated rings. The standard InChI is InChI=1S/C18H18N2O4/c1-11-5-3-6-12(9-11)15(21)10-19-17(22)13-7-4-8-14-16(13)24-18(23)20(14)2/h3-9,15,21H,10H2,1-2H3,(H,19,22). The summed E-state index contributed by atoms with van der Waals surface area (Å²) in [5, 5.41) is 12.9. The summed E-state index contributed by atoms with van der Waals surface area (Å²) in [6.45, 7) is 2.00. The van der Waals surface area contributed by atoms with Gasteiger partial charge in [0.2, 0.25) is 0 Å². The van der Waals surface area contributed by atoms with Gasteiger partial charge < -0.3 is 14.8 Å². The van der Waals surface area contributed by atoms with E-state index < -0.39 is 17.8 Å². The highest BCUT2D eigenvalue weighted by Gasteiger charge is 2.17. The lowest BCUT2D eigenvalue weighted by atomic mass is 10.1. The fourth-order valence-corrected chi connectivity index (χ4v) is 2.61. The summed E-state index contributed by atoms with van der Waals surface area (Å²) in [5.41, 5.74) is 2.83. The molecule has 24 heavy (non-hydrogen) atoms. The fourth-order valence-electron chi connectivity index (χ4n) is 2.61. The van der Waals surface area contributed by atoms with Crippen LogP contribution in [0.15, 0.2) is 51.7 Å². The molecule has 0 aliphatic rings. The quantitative estimate of drug-likeness (QED) is 0.767. The number of carbonyl (C=O) groups is 1. The van der Waals surface area contributed by atoms with Crippen molar-refractivity contribution in [3.05, 3.63) is 69.7 Å². The number of oxazole rings is 1. The Morgan fingerprint density at radius 3 is 2.79 bits per heavy atom. The number of nitrogens with one attached hydrogen (secondary N) is 1. The summed E-state index contributed by atoms with van der Waals surface area (Å²) in [4.78, 5) is 24.0. The summed E-state index contributed by atoms with van der Waals surface area (Å²) in [6.07, 6.45) is -0.809. The molecule has 0 radical (unpaired) electrons. The van der Waals surface area contributed by atoms with Crippen LogP contribution in [0, 0.1) is 6.92 Å². The van der Waals surface area contributed by atoms with E-state index in [2.05, 4.69) is 5.32 Å². The zero-order chi connectivity index (χ0) is 17.3. The van der Waals surface area contributed by atoms with Gasteiger partial charge in [-0.05, 0) is 24.6 Å². The molecular weight excluding hydrogens is 308 g/mol. The molecule has 6 heteroatoms. The van der Waals surface area contributed by atoms with E-state index in [1.807, 2.05) is 25.1 Å². The first-order valence-electron chi connectivity index (χ1n) is 7.58. The Morgan fingerprint density at radius 2 is 2.04 bits per heavy atom. The largest absolute Gasteiger partial charge is 0.419 e. The van der Waals surface area contributed by atoms with Gasteiger partial charge in [-0.25, -0.2) is 4.79 Å². The lowest BCUT2D eigenvalue weighted by Crippen LogP contribution is -2.28. The summed E-state index contributed by atoms with van der Waals surface area (Å²) >= 11 is 0. The van der Waals surface area contributed by atoms with Crippen LogP contribution in [0.25, 0.3) is 11.1 Å². The maximum absolute atomic E-state index is 12.4. The monoisotopic (exact) mass is 326 g/mol. The van der Waals surface area contributed by atoms with Crippen LogP contribution in [0.3, 0.4) is 0 Å². The number of nitrogens with zero attached hydrogens (tertiary/aromatic N) is 1. The van der Waals surface area contributed by atoms with Gasteiger partial charge in [0.15, 0.2) is 5.58 Å². The summed E-state index contributed by atoms with van der Waals surface area (Å²) in [6, 6.07) is 12.4. The van der Waals surface area contributed by atoms with Crippen LogP contribution in [0.2, 0.25) is 0 Å². The van der Waals surface area contributed by atoms with E-state index in [1.165, 1.54) is 4.57 Å². The molecule has 0 saturated carbocycles. The Labute approximate surface area is 138 Å². The highest BCUT2D eigenvalue weighted by Crippen LogP contribution is 2.18. The Morgan fingerprint density at radius 1 is 1.29 bits per heavy atom. The van der Waals surface area contributed by atoms with Crippen molar-refractivity contribution in [1.82, 2.24) is 9.88 Å². The van der Waals surface area contributed by atoms with Gasteiger partial charge in [0, 0.05) is 13.6 Å². The maximum atomic E-state index is 12.4. The smallest absolute Gasteiger partial charge is 0.407 e. The number of amides is 1. The molecule has 6 nitrogen and oxygen atoms in total. The average molecular weight is 326 g/mol. The fraction of sp³-hybridized carbons (Fsp3) is 0.222. The zero-order valence-corrected chi connectivity index (χ0v) is 13.4. The van der Waals surface area contributed by atoms with Crippen molar-refractivity contribution in [2.75, 3.05) is 6.54 Å². The average Bonchev–Trinajstić information content (AvgIpc) is 2.87. The van der Waals surface area contributed by atoms with Crippen LogP contribution < -0.4 is 11.1 Å². The highest BCUT2D eigenvalue weighted by atomic mass is 16.4. The molecule has 0 bridgehead atoms. The van der Waals surface area contributed by atoms with E-state index in [0.717, 1.165) is 11.1 Å². The van der Waals surface area contributed by atoms with E-state index in [0.29, 0.717) is 5.52 Å². The molecular formula is C18H18N2O4. The third-order valence-electron chi connectivity index (χ3n) is 3.95. The highest BCUT2D eigenvalue weighted by molar-refractivity contribution is 6.04. The minimum atomic E-state index is -0.809. The molecule has 3 rings (SSSR count). The van der Waals surface area contributed by atoms with Gasteiger partial charge in [0.25, 0.3) is 5.91 Å². The molecule has 0 spiro atoms. The van der Waals surface area contributed by atoms with Gasteiger partial charge in [0.1, 0.15) is 0 Å². The number of fused-ring (bicyclic) bond motifs is 1. The number of para-hydroxylation sites is 1. The molecule has 2 aromatic carbocycles. The normalized spacial score (nSPS) is 12.3. The number of hydrogen-bond donors (Lipinski definition) is 2. The van der Waals surface area contributed by atoms with Gasteiger partial charge >= 0.3 is 5.76 Å². The predicted octanol–water partition coefficient (Wildman–Crippen LogP) is 1.90. The summed E-state index contributed by atoms with van der Waals surface area (Å²) < 4.78 is 6.48. The Hall–Kier alpha value is -2.86. The molecule has 1 atom stereocenters. The topological polar surface area (TPSA) is 84.5 Å². The number of aliphatic hydroxyl groups is 1.